The molecule has 0 fully saturated rings. The molecule has 3 N–H and O–H groups in total. The molecule has 0 aliphatic heterocycles. The van der Waals surface area contributed by atoms with E-state index >= 15 is 0 Å². The molecule has 1 unspecified atom stereocenters. The quantitative estimate of drug-likeness (QED) is 0.682. The number of hydrogen-bond donors (Lipinski definition) is 2. The van der Waals surface area contributed by atoms with Gasteiger partial charge in [0.1, 0.15) is 0 Å². The summed E-state index contributed by atoms with van der Waals surface area (Å²) in [5.74, 6) is -0.599. The van der Waals surface area contributed by atoms with Crippen LogP contribution in [0.5, 0.6) is 0 Å². The Morgan fingerprint density at radius 2 is 1.69 bits per heavy atom. The second-order valence-electron chi connectivity index (χ2n) is 5.87. The van der Waals surface area contributed by atoms with E-state index in [4.69, 9.17) is 5.73 Å². The number of benzene rings is 2. The lowest BCUT2D eigenvalue weighted by atomic mass is 10.0. The van der Waals surface area contributed by atoms with Crippen molar-refractivity contribution < 1.29 is 13.2 Å². The van der Waals surface area contributed by atoms with Crippen molar-refractivity contribution in [3.8, 4) is 0 Å². The molecule has 1 atom stereocenters. The van der Waals surface area contributed by atoms with Crippen molar-refractivity contribution in [2.24, 2.45) is 5.73 Å². The fraction of sp³-hybridized carbons (Fsp3) is 0.105. The fourth-order valence-electron chi connectivity index (χ4n) is 2.53. The lowest BCUT2D eigenvalue weighted by Crippen LogP contribution is -2.29. The Bertz CT molecular complexity index is 994. The van der Waals surface area contributed by atoms with Crippen LogP contribution in [0, 0.1) is 6.92 Å². The molecular formula is C19H18N2O3S2. The van der Waals surface area contributed by atoms with Gasteiger partial charge in [0.15, 0.2) is 0 Å². The molecule has 26 heavy (non-hydrogen) atoms. The summed E-state index contributed by atoms with van der Waals surface area (Å²) in [7, 11) is -3.78. The number of nitrogens with one attached hydrogen (secondary N) is 1. The standard InChI is InChI=1S/C19H18N2O3S2/c1-13-4-6-14(7-5-13)18(17-3-2-12-25-17)21-26(23,24)16-10-8-15(9-11-16)19(20)22/h2-12,18,21H,1H3,(H2,20,22). The van der Waals surface area contributed by atoms with Gasteiger partial charge in [0.25, 0.3) is 0 Å². The van der Waals surface area contributed by atoms with E-state index in [0.717, 1.165) is 16.0 Å². The molecule has 0 radical (unpaired) electrons. The van der Waals surface area contributed by atoms with Gasteiger partial charge in [0.05, 0.1) is 10.9 Å². The zero-order valence-corrected chi connectivity index (χ0v) is 15.7. The number of thiophene rings is 1. The number of nitrogens with two attached hydrogens (primary N) is 1. The first kappa shape index (κ1) is 18.3. The molecule has 2 aromatic carbocycles. The number of hydrogen-bond acceptors (Lipinski definition) is 4. The number of carbonyl (C=O) groups is 1. The van der Waals surface area contributed by atoms with Gasteiger partial charge in [0.2, 0.25) is 15.9 Å². The Kier molecular flexibility index (Phi) is 5.22. The van der Waals surface area contributed by atoms with Gasteiger partial charge >= 0.3 is 0 Å². The zero-order chi connectivity index (χ0) is 18.7. The van der Waals surface area contributed by atoms with Crippen LogP contribution in [0.4, 0.5) is 0 Å². The highest BCUT2D eigenvalue weighted by atomic mass is 32.2. The minimum Gasteiger partial charge on any atom is -0.366 e. The molecule has 3 aromatic rings. The van der Waals surface area contributed by atoms with Gasteiger partial charge in [-0.05, 0) is 48.2 Å². The summed E-state index contributed by atoms with van der Waals surface area (Å²) in [6.45, 7) is 1.98. The van der Waals surface area contributed by atoms with E-state index in [1.807, 2.05) is 48.7 Å². The summed E-state index contributed by atoms with van der Waals surface area (Å²) in [4.78, 5) is 12.1. The zero-order valence-electron chi connectivity index (χ0n) is 14.0. The molecule has 5 nitrogen and oxygen atoms in total. The molecule has 1 heterocycles. The van der Waals surface area contributed by atoms with Crippen LogP contribution in [0.1, 0.15) is 32.4 Å². The number of amides is 1. The molecule has 7 heteroatoms. The van der Waals surface area contributed by atoms with E-state index in [1.165, 1.54) is 35.6 Å². The second kappa shape index (κ2) is 7.41. The van der Waals surface area contributed by atoms with Crippen molar-refractivity contribution in [2.45, 2.75) is 17.9 Å². The summed E-state index contributed by atoms with van der Waals surface area (Å²) in [5, 5.41) is 1.91. The molecule has 0 aliphatic rings. The summed E-state index contributed by atoms with van der Waals surface area (Å²) in [6.07, 6.45) is 0. The van der Waals surface area contributed by atoms with Crippen molar-refractivity contribution in [2.75, 3.05) is 0 Å². The van der Waals surface area contributed by atoms with Crippen LogP contribution < -0.4 is 10.5 Å². The van der Waals surface area contributed by atoms with E-state index in [-0.39, 0.29) is 10.5 Å². The van der Waals surface area contributed by atoms with Crippen molar-refractivity contribution in [1.82, 2.24) is 4.72 Å². The van der Waals surface area contributed by atoms with Crippen molar-refractivity contribution in [3.05, 3.63) is 87.6 Å². The van der Waals surface area contributed by atoms with Crippen LogP contribution in [0.2, 0.25) is 0 Å². The fourth-order valence-corrected chi connectivity index (χ4v) is 4.61. The van der Waals surface area contributed by atoms with Gasteiger partial charge < -0.3 is 5.73 Å². The van der Waals surface area contributed by atoms with Gasteiger partial charge in [0, 0.05) is 10.4 Å². The average Bonchev–Trinajstić information content (AvgIpc) is 3.15. The Labute approximate surface area is 156 Å². The minimum absolute atomic E-state index is 0.0798. The summed E-state index contributed by atoms with van der Waals surface area (Å²) >= 11 is 1.48. The Hall–Kier alpha value is -2.48. The minimum atomic E-state index is -3.78. The largest absolute Gasteiger partial charge is 0.366 e. The van der Waals surface area contributed by atoms with Gasteiger partial charge in [-0.15, -0.1) is 11.3 Å². The highest BCUT2D eigenvalue weighted by Crippen LogP contribution is 2.28. The van der Waals surface area contributed by atoms with E-state index in [0.29, 0.717) is 0 Å². The molecule has 0 spiro atoms. The summed E-state index contributed by atoms with van der Waals surface area (Å²) < 4.78 is 28.4. The van der Waals surface area contributed by atoms with Gasteiger partial charge in [-0.3, -0.25) is 4.79 Å². The Morgan fingerprint density at radius 3 is 2.23 bits per heavy atom. The molecule has 0 bridgehead atoms. The molecule has 1 amide bonds. The van der Waals surface area contributed by atoms with Crippen LogP contribution in [0.15, 0.2) is 70.9 Å². The van der Waals surface area contributed by atoms with Crippen LogP contribution in [0.25, 0.3) is 0 Å². The second-order valence-corrected chi connectivity index (χ2v) is 8.56. The van der Waals surface area contributed by atoms with E-state index in [9.17, 15) is 13.2 Å². The number of rotatable bonds is 6. The Morgan fingerprint density at radius 1 is 1.04 bits per heavy atom. The smallest absolute Gasteiger partial charge is 0.248 e. The monoisotopic (exact) mass is 386 g/mol. The SMILES string of the molecule is Cc1ccc(C(NS(=O)(=O)c2ccc(C(N)=O)cc2)c2cccs2)cc1. The third kappa shape index (κ3) is 4.01. The maximum absolute atomic E-state index is 12.8. The Balaban J connectivity index is 1.95. The normalized spacial score (nSPS) is 12.7. The van der Waals surface area contributed by atoms with E-state index in [2.05, 4.69) is 4.72 Å². The van der Waals surface area contributed by atoms with Crippen LogP contribution in [0.3, 0.4) is 0 Å². The molecule has 3 rings (SSSR count). The summed E-state index contributed by atoms with van der Waals surface area (Å²) in [5.41, 5.74) is 7.42. The lowest BCUT2D eigenvalue weighted by Gasteiger charge is -2.18. The van der Waals surface area contributed by atoms with E-state index < -0.39 is 22.0 Å². The number of aryl methyl sites for hydroxylation is 1. The lowest BCUT2D eigenvalue weighted by molar-refractivity contribution is 0.1000. The maximum Gasteiger partial charge on any atom is 0.248 e. The predicted octanol–water partition coefficient (Wildman–Crippen LogP) is 3.22. The van der Waals surface area contributed by atoms with Gasteiger partial charge in [-0.2, -0.15) is 4.72 Å². The third-order valence-electron chi connectivity index (χ3n) is 3.96. The van der Waals surface area contributed by atoms with Crippen LogP contribution >= 0.6 is 11.3 Å². The third-order valence-corrected chi connectivity index (χ3v) is 6.34. The van der Waals surface area contributed by atoms with Crippen molar-refractivity contribution in [1.29, 1.82) is 0 Å². The number of primary amides is 1. The molecule has 0 saturated carbocycles. The molecule has 1 aromatic heterocycles. The first-order valence-corrected chi connectivity index (χ1v) is 10.3. The highest BCUT2D eigenvalue weighted by molar-refractivity contribution is 7.89. The topological polar surface area (TPSA) is 89.3 Å². The highest BCUT2D eigenvalue weighted by Gasteiger charge is 2.23. The molecular weight excluding hydrogens is 368 g/mol. The average molecular weight is 386 g/mol. The molecule has 134 valence electrons. The molecule has 0 aliphatic carbocycles. The molecule has 0 saturated heterocycles. The first-order chi connectivity index (χ1) is 12.4. The predicted molar refractivity (Wildman–Crippen MR) is 103 cm³/mol. The van der Waals surface area contributed by atoms with Gasteiger partial charge in [-0.1, -0.05) is 35.9 Å². The maximum atomic E-state index is 12.8. The van der Waals surface area contributed by atoms with Gasteiger partial charge in [-0.25, -0.2) is 8.42 Å². The van der Waals surface area contributed by atoms with Crippen LogP contribution in [-0.4, -0.2) is 14.3 Å². The van der Waals surface area contributed by atoms with Crippen molar-refractivity contribution >= 4 is 27.3 Å². The number of sulfonamides is 1. The van der Waals surface area contributed by atoms with Crippen molar-refractivity contribution in [3.63, 3.8) is 0 Å². The van der Waals surface area contributed by atoms with E-state index in [1.54, 1.807) is 0 Å². The summed E-state index contributed by atoms with van der Waals surface area (Å²) in [6, 6.07) is 16.6. The van der Waals surface area contributed by atoms with Crippen LogP contribution in [-0.2, 0) is 10.0 Å². The number of carbonyl (C=O) groups excluding carboxylic acids is 1. The first-order valence-electron chi connectivity index (χ1n) is 7.89.